The van der Waals surface area contributed by atoms with Crippen molar-refractivity contribution < 1.29 is 18.3 Å². The molecule has 0 heterocycles. The van der Waals surface area contributed by atoms with Crippen molar-refractivity contribution in [2.24, 2.45) is 0 Å². The first-order valence-electron chi connectivity index (χ1n) is 5.72. The van der Waals surface area contributed by atoms with Gasteiger partial charge < -0.3 is 15.8 Å². The van der Waals surface area contributed by atoms with E-state index in [0.717, 1.165) is 6.07 Å². The molecule has 0 amide bonds. The summed E-state index contributed by atoms with van der Waals surface area (Å²) in [6, 6.07) is 8.25. The molecule has 0 aliphatic carbocycles. The molecule has 0 aromatic heterocycles. The summed E-state index contributed by atoms with van der Waals surface area (Å²) in [5.41, 5.74) is 6.17. The van der Waals surface area contributed by atoms with Gasteiger partial charge in [0.15, 0.2) is 11.6 Å². The van der Waals surface area contributed by atoms with Crippen molar-refractivity contribution in [3.63, 3.8) is 0 Å². The van der Waals surface area contributed by atoms with Crippen LogP contribution in [0.3, 0.4) is 0 Å². The second-order valence-corrected chi connectivity index (χ2v) is 3.99. The summed E-state index contributed by atoms with van der Waals surface area (Å²) < 4.78 is 31.4. The lowest BCUT2D eigenvalue weighted by Gasteiger charge is -2.14. The number of ether oxygens (including phenoxy) is 1. The Morgan fingerprint density at radius 1 is 1.20 bits per heavy atom. The molecule has 2 aromatic carbocycles. The number of nitrogens with two attached hydrogens (primary N) is 1. The zero-order valence-electron chi connectivity index (χ0n) is 10.6. The summed E-state index contributed by atoms with van der Waals surface area (Å²) in [6.07, 6.45) is 0. The number of hydrogen-bond acceptors (Lipinski definition) is 4. The summed E-state index contributed by atoms with van der Waals surface area (Å²) in [5.74, 6) is -2.67. The number of halogens is 2. The molecule has 0 unspecified atom stereocenters. The Labute approximate surface area is 114 Å². The van der Waals surface area contributed by atoms with E-state index in [1.54, 1.807) is 6.07 Å². The highest BCUT2D eigenvalue weighted by atomic mass is 19.2. The minimum absolute atomic E-state index is 0.118. The molecule has 0 spiro atoms. The number of para-hydroxylation sites is 1. The van der Waals surface area contributed by atoms with E-state index in [2.05, 4.69) is 10.1 Å². The average Bonchev–Trinajstić information content (AvgIpc) is 2.45. The first kappa shape index (κ1) is 13.8. The van der Waals surface area contributed by atoms with Gasteiger partial charge in [0.05, 0.1) is 29.7 Å². The van der Waals surface area contributed by atoms with E-state index in [0.29, 0.717) is 0 Å². The molecule has 3 N–H and O–H groups in total. The zero-order chi connectivity index (χ0) is 14.7. The Morgan fingerprint density at radius 2 is 1.90 bits per heavy atom. The van der Waals surface area contributed by atoms with Crippen LogP contribution >= 0.6 is 0 Å². The van der Waals surface area contributed by atoms with Crippen LogP contribution in [0.5, 0.6) is 0 Å². The maximum absolute atomic E-state index is 13.6. The fourth-order valence-electron chi connectivity index (χ4n) is 1.72. The molecular weight excluding hydrogens is 266 g/mol. The number of esters is 1. The lowest BCUT2D eigenvalue weighted by Crippen LogP contribution is -2.08. The van der Waals surface area contributed by atoms with Crippen molar-refractivity contribution in [2.45, 2.75) is 0 Å². The van der Waals surface area contributed by atoms with Crippen molar-refractivity contribution in [3.8, 4) is 0 Å². The van der Waals surface area contributed by atoms with Crippen molar-refractivity contribution in [1.82, 2.24) is 0 Å². The summed E-state index contributed by atoms with van der Waals surface area (Å²) in [4.78, 5) is 11.6. The van der Waals surface area contributed by atoms with Crippen LogP contribution in [0.1, 0.15) is 10.4 Å². The molecule has 6 heteroatoms. The molecule has 0 saturated carbocycles. The topological polar surface area (TPSA) is 64.3 Å². The maximum atomic E-state index is 13.6. The van der Waals surface area contributed by atoms with Gasteiger partial charge in [-0.25, -0.2) is 13.6 Å². The lowest BCUT2D eigenvalue weighted by atomic mass is 10.1. The molecule has 0 aliphatic rings. The summed E-state index contributed by atoms with van der Waals surface area (Å²) in [5, 5.41) is 2.62. The van der Waals surface area contributed by atoms with E-state index in [1.807, 2.05) is 0 Å². The number of nitrogens with one attached hydrogen (secondary N) is 1. The van der Waals surface area contributed by atoms with Crippen LogP contribution in [-0.2, 0) is 4.74 Å². The summed E-state index contributed by atoms with van der Waals surface area (Å²) in [7, 11) is 1.22. The van der Waals surface area contributed by atoms with Gasteiger partial charge in [-0.2, -0.15) is 0 Å². The van der Waals surface area contributed by atoms with Gasteiger partial charge in [0, 0.05) is 0 Å². The summed E-state index contributed by atoms with van der Waals surface area (Å²) in [6.45, 7) is 0. The monoisotopic (exact) mass is 278 g/mol. The van der Waals surface area contributed by atoms with E-state index >= 15 is 0 Å². The highest BCUT2D eigenvalue weighted by Crippen LogP contribution is 2.29. The fourth-order valence-corrected chi connectivity index (χ4v) is 1.72. The maximum Gasteiger partial charge on any atom is 0.340 e. The van der Waals surface area contributed by atoms with Crippen LogP contribution in [0.4, 0.5) is 25.8 Å². The molecule has 104 valence electrons. The van der Waals surface area contributed by atoms with E-state index in [-0.39, 0.29) is 22.6 Å². The van der Waals surface area contributed by atoms with Crippen molar-refractivity contribution in [1.29, 1.82) is 0 Å². The number of anilines is 3. The number of hydrogen-bond donors (Lipinski definition) is 2. The fraction of sp³-hybridized carbons (Fsp3) is 0.0714. The first-order valence-corrected chi connectivity index (χ1v) is 5.72. The van der Waals surface area contributed by atoms with Crippen LogP contribution in [-0.4, -0.2) is 13.1 Å². The average molecular weight is 278 g/mol. The Balaban J connectivity index is 2.48. The molecule has 20 heavy (non-hydrogen) atoms. The number of methoxy groups -OCH3 is 1. The van der Waals surface area contributed by atoms with Crippen LogP contribution in [0.2, 0.25) is 0 Å². The molecule has 4 nitrogen and oxygen atoms in total. The van der Waals surface area contributed by atoms with Gasteiger partial charge in [0.2, 0.25) is 0 Å². The molecule has 0 fully saturated rings. The van der Waals surface area contributed by atoms with Crippen LogP contribution in [0, 0.1) is 11.6 Å². The van der Waals surface area contributed by atoms with Crippen molar-refractivity contribution in [2.75, 3.05) is 18.2 Å². The number of nitrogen functional groups attached to an aromatic ring is 1. The molecule has 0 bridgehead atoms. The Hall–Kier alpha value is -2.63. The second kappa shape index (κ2) is 5.56. The van der Waals surface area contributed by atoms with Crippen molar-refractivity contribution in [3.05, 3.63) is 53.6 Å². The normalized spacial score (nSPS) is 10.2. The lowest BCUT2D eigenvalue weighted by molar-refractivity contribution is 0.0602. The SMILES string of the molecule is COC(=O)c1cccc(N)c1Nc1cccc(F)c1F. The molecule has 0 atom stereocenters. The van der Waals surface area contributed by atoms with Crippen LogP contribution in [0.15, 0.2) is 36.4 Å². The molecule has 2 aromatic rings. The minimum atomic E-state index is -1.05. The Bertz CT molecular complexity index is 660. The van der Waals surface area contributed by atoms with Gasteiger partial charge >= 0.3 is 5.97 Å². The van der Waals surface area contributed by atoms with E-state index in [9.17, 15) is 13.6 Å². The third-order valence-corrected chi connectivity index (χ3v) is 2.71. The smallest absolute Gasteiger partial charge is 0.340 e. The van der Waals surface area contributed by atoms with Gasteiger partial charge in [-0.05, 0) is 24.3 Å². The summed E-state index contributed by atoms with van der Waals surface area (Å²) >= 11 is 0. The standard InChI is InChI=1S/C14H12F2N2O2/c1-20-14(19)8-4-2-6-10(17)13(8)18-11-7-3-5-9(15)12(11)16/h2-7,18H,17H2,1H3. The molecule has 0 radical (unpaired) electrons. The largest absolute Gasteiger partial charge is 0.465 e. The van der Waals surface area contributed by atoms with Gasteiger partial charge in [0.25, 0.3) is 0 Å². The quantitative estimate of drug-likeness (QED) is 0.669. The predicted molar refractivity (Wildman–Crippen MR) is 71.8 cm³/mol. The van der Waals surface area contributed by atoms with Gasteiger partial charge in [-0.15, -0.1) is 0 Å². The predicted octanol–water partition coefficient (Wildman–Crippen LogP) is 3.08. The Morgan fingerprint density at radius 3 is 2.60 bits per heavy atom. The minimum Gasteiger partial charge on any atom is -0.465 e. The molecular formula is C14H12F2N2O2. The number of carbonyl (C=O) groups excluding carboxylic acids is 1. The third-order valence-electron chi connectivity index (χ3n) is 2.71. The van der Waals surface area contributed by atoms with E-state index in [1.165, 1.54) is 31.4 Å². The van der Waals surface area contributed by atoms with Gasteiger partial charge in [0.1, 0.15) is 0 Å². The number of benzene rings is 2. The third kappa shape index (κ3) is 2.54. The highest BCUT2D eigenvalue weighted by molar-refractivity contribution is 5.99. The van der Waals surface area contributed by atoms with Crippen LogP contribution in [0.25, 0.3) is 0 Å². The molecule has 2 rings (SSSR count). The van der Waals surface area contributed by atoms with E-state index in [4.69, 9.17) is 5.73 Å². The number of rotatable bonds is 3. The zero-order valence-corrected chi connectivity index (χ0v) is 10.6. The molecule has 0 saturated heterocycles. The van der Waals surface area contributed by atoms with E-state index < -0.39 is 17.6 Å². The Kier molecular flexibility index (Phi) is 3.84. The highest BCUT2D eigenvalue weighted by Gasteiger charge is 2.16. The van der Waals surface area contributed by atoms with Crippen molar-refractivity contribution >= 4 is 23.0 Å². The first-order chi connectivity index (χ1) is 9.54. The second-order valence-electron chi connectivity index (χ2n) is 3.99. The van der Waals surface area contributed by atoms with Gasteiger partial charge in [-0.1, -0.05) is 12.1 Å². The van der Waals surface area contributed by atoms with Gasteiger partial charge in [-0.3, -0.25) is 0 Å². The van der Waals surface area contributed by atoms with Crippen LogP contribution < -0.4 is 11.1 Å². The molecule has 0 aliphatic heterocycles. The number of carbonyl (C=O) groups is 1.